The molecule has 1 aliphatic heterocycles. The fourth-order valence-corrected chi connectivity index (χ4v) is 2.98. The largest absolute Gasteiger partial charge is 0.386 e. The molecule has 0 atom stereocenters. The van der Waals surface area contributed by atoms with Gasteiger partial charge < -0.3 is 10.6 Å². The number of anilines is 1. The SMILES string of the molecule is Cc1ccncc1-n1c2c(ccc1=O)N(CC(=N)N)CCC2. The van der Waals surface area contributed by atoms with Crippen molar-refractivity contribution in [3.05, 3.63) is 52.2 Å². The number of nitrogens with one attached hydrogen (secondary N) is 1. The average molecular weight is 297 g/mol. The van der Waals surface area contributed by atoms with Crippen molar-refractivity contribution in [3.63, 3.8) is 0 Å². The molecule has 0 fully saturated rings. The van der Waals surface area contributed by atoms with Gasteiger partial charge in [-0.15, -0.1) is 0 Å². The van der Waals surface area contributed by atoms with Crippen LogP contribution < -0.4 is 16.2 Å². The lowest BCUT2D eigenvalue weighted by molar-refractivity contribution is 0.683. The summed E-state index contributed by atoms with van der Waals surface area (Å²) >= 11 is 0. The van der Waals surface area contributed by atoms with Crippen LogP contribution >= 0.6 is 0 Å². The van der Waals surface area contributed by atoms with Crippen LogP contribution in [0.5, 0.6) is 0 Å². The van der Waals surface area contributed by atoms with Gasteiger partial charge in [-0.05, 0) is 37.5 Å². The lowest BCUT2D eigenvalue weighted by Gasteiger charge is -2.32. The number of aromatic nitrogens is 2. The second-order valence-corrected chi connectivity index (χ2v) is 5.55. The zero-order valence-electron chi connectivity index (χ0n) is 12.5. The van der Waals surface area contributed by atoms with Crippen molar-refractivity contribution < 1.29 is 0 Å². The van der Waals surface area contributed by atoms with Crippen LogP contribution in [0.1, 0.15) is 17.7 Å². The summed E-state index contributed by atoms with van der Waals surface area (Å²) in [6.45, 7) is 3.20. The molecular formula is C16H19N5O. The molecule has 3 rings (SSSR count). The molecule has 22 heavy (non-hydrogen) atoms. The predicted molar refractivity (Wildman–Crippen MR) is 87.0 cm³/mol. The summed E-state index contributed by atoms with van der Waals surface area (Å²) in [6.07, 6.45) is 5.21. The number of amidine groups is 1. The van der Waals surface area contributed by atoms with Crippen LogP contribution in [0.15, 0.2) is 35.4 Å². The van der Waals surface area contributed by atoms with E-state index < -0.39 is 0 Å². The number of nitrogens with zero attached hydrogens (tertiary/aromatic N) is 3. The summed E-state index contributed by atoms with van der Waals surface area (Å²) in [6, 6.07) is 5.31. The molecule has 2 aromatic rings. The van der Waals surface area contributed by atoms with Gasteiger partial charge in [-0.3, -0.25) is 19.8 Å². The number of pyridine rings is 2. The van der Waals surface area contributed by atoms with Gasteiger partial charge in [0.15, 0.2) is 0 Å². The Morgan fingerprint density at radius 2 is 2.18 bits per heavy atom. The Hall–Kier alpha value is -2.63. The van der Waals surface area contributed by atoms with E-state index in [0.29, 0.717) is 6.54 Å². The first-order valence-corrected chi connectivity index (χ1v) is 7.31. The quantitative estimate of drug-likeness (QED) is 0.659. The number of aryl methyl sites for hydroxylation is 1. The molecule has 0 bridgehead atoms. The molecule has 0 amide bonds. The summed E-state index contributed by atoms with van der Waals surface area (Å²) in [5, 5.41) is 7.52. The molecule has 0 aliphatic carbocycles. The van der Waals surface area contributed by atoms with E-state index in [0.717, 1.165) is 42.0 Å². The standard InChI is InChI=1S/C16H19N5O/c1-11-6-7-19-9-14(11)21-13-3-2-8-20(10-15(17)18)12(13)4-5-16(21)22/h4-7,9H,2-3,8,10H2,1H3,(H3,17,18). The summed E-state index contributed by atoms with van der Waals surface area (Å²) in [5.41, 5.74) is 9.26. The van der Waals surface area contributed by atoms with Crippen molar-refractivity contribution in [3.8, 4) is 5.69 Å². The molecule has 0 radical (unpaired) electrons. The number of fused-ring (bicyclic) bond motifs is 1. The highest BCUT2D eigenvalue weighted by molar-refractivity contribution is 5.82. The van der Waals surface area contributed by atoms with Crippen molar-refractivity contribution in [1.29, 1.82) is 5.41 Å². The molecule has 6 nitrogen and oxygen atoms in total. The van der Waals surface area contributed by atoms with Gasteiger partial charge in [0.05, 0.1) is 24.1 Å². The molecule has 114 valence electrons. The number of hydrogen-bond acceptors (Lipinski definition) is 4. The smallest absolute Gasteiger partial charge is 0.255 e. The Balaban J connectivity index is 2.19. The molecule has 0 saturated carbocycles. The Morgan fingerprint density at radius 1 is 1.36 bits per heavy atom. The van der Waals surface area contributed by atoms with Gasteiger partial charge in [0, 0.05) is 24.5 Å². The van der Waals surface area contributed by atoms with E-state index in [2.05, 4.69) is 9.88 Å². The predicted octanol–water partition coefficient (Wildman–Crippen LogP) is 1.23. The van der Waals surface area contributed by atoms with E-state index in [9.17, 15) is 4.79 Å². The van der Waals surface area contributed by atoms with Crippen LogP contribution in [-0.2, 0) is 6.42 Å². The molecule has 1 aliphatic rings. The molecule has 6 heteroatoms. The van der Waals surface area contributed by atoms with Gasteiger partial charge in [-0.2, -0.15) is 0 Å². The van der Waals surface area contributed by atoms with E-state index >= 15 is 0 Å². The molecular weight excluding hydrogens is 278 g/mol. The second-order valence-electron chi connectivity index (χ2n) is 5.55. The van der Waals surface area contributed by atoms with Crippen molar-refractivity contribution in [2.45, 2.75) is 19.8 Å². The third-order valence-electron chi connectivity index (χ3n) is 3.97. The molecule has 0 unspecified atom stereocenters. The van der Waals surface area contributed by atoms with E-state index in [4.69, 9.17) is 11.1 Å². The Kier molecular flexibility index (Phi) is 3.66. The number of nitrogens with two attached hydrogens (primary N) is 1. The first-order valence-electron chi connectivity index (χ1n) is 7.31. The maximum Gasteiger partial charge on any atom is 0.255 e. The molecule has 3 heterocycles. The van der Waals surface area contributed by atoms with Gasteiger partial charge in [-0.1, -0.05) is 0 Å². The first kappa shape index (κ1) is 14.3. The zero-order valence-corrected chi connectivity index (χ0v) is 12.5. The van der Waals surface area contributed by atoms with Gasteiger partial charge in [-0.25, -0.2) is 0 Å². The third kappa shape index (κ3) is 2.47. The molecule has 0 saturated heterocycles. The highest BCUT2D eigenvalue weighted by Crippen LogP contribution is 2.27. The van der Waals surface area contributed by atoms with Crippen LogP contribution in [0, 0.1) is 12.3 Å². The van der Waals surface area contributed by atoms with E-state index in [-0.39, 0.29) is 11.4 Å². The Morgan fingerprint density at radius 3 is 2.91 bits per heavy atom. The van der Waals surface area contributed by atoms with E-state index in [1.165, 1.54) is 0 Å². The summed E-state index contributed by atoms with van der Waals surface area (Å²) in [7, 11) is 0. The van der Waals surface area contributed by atoms with E-state index in [1.807, 2.05) is 19.1 Å². The van der Waals surface area contributed by atoms with Crippen LogP contribution in [0.2, 0.25) is 0 Å². The van der Waals surface area contributed by atoms with Gasteiger partial charge >= 0.3 is 0 Å². The zero-order chi connectivity index (χ0) is 15.7. The Labute approximate surface area is 128 Å². The van der Waals surface area contributed by atoms with Crippen molar-refractivity contribution in [1.82, 2.24) is 9.55 Å². The maximum atomic E-state index is 12.4. The van der Waals surface area contributed by atoms with E-state index in [1.54, 1.807) is 23.0 Å². The minimum absolute atomic E-state index is 0.0560. The van der Waals surface area contributed by atoms with Crippen molar-refractivity contribution >= 4 is 11.5 Å². The van der Waals surface area contributed by atoms with Gasteiger partial charge in [0.1, 0.15) is 5.84 Å². The molecule has 0 aromatic carbocycles. The fraction of sp³-hybridized carbons (Fsp3) is 0.312. The minimum atomic E-state index is -0.0560. The van der Waals surface area contributed by atoms with Gasteiger partial charge in [0.2, 0.25) is 0 Å². The lowest BCUT2D eigenvalue weighted by atomic mass is 10.1. The highest BCUT2D eigenvalue weighted by atomic mass is 16.1. The monoisotopic (exact) mass is 297 g/mol. The lowest BCUT2D eigenvalue weighted by Crippen LogP contribution is -2.39. The second kappa shape index (κ2) is 5.63. The molecule has 3 N–H and O–H groups in total. The average Bonchev–Trinajstić information content (AvgIpc) is 2.48. The molecule has 0 spiro atoms. The highest BCUT2D eigenvalue weighted by Gasteiger charge is 2.22. The normalized spacial score (nSPS) is 13.8. The summed E-state index contributed by atoms with van der Waals surface area (Å²) in [5.74, 6) is 0.128. The fourth-order valence-electron chi connectivity index (χ4n) is 2.98. The summed E-state index contributed by atoms with van der Waals surface area (Å²) < 4.78 is 1.74. The van der Waals surface area contributed by atoms with Crippen LogP contribution in [0.4, 0.5) is 5.69 Å². The van der Waals surface area contributed by atoms with Crippen LogP contribution in [0.25, 0.3) is 5.69 Å². The first-order chi connectivity index (χ1) is 10.6. The number of hydrogen-bond donors (Lipinski definition) is 2. The Bertz CT molecular complexity index is 780. The van der Waals surface area contributed by atoms with Crippen LogP contribution in [0.3, 0.4) is 0 Å². The van der Waals surface area contributed by atoms with Gasteiger partial charge in [0.25, 0.3) is 5.56 Å². The summed E-state index contributed by atoms with van der Waals surface area (Å²) in [4.78, 5) is 18.6. The van der Waals surface area contributed by atoms with Crippen LogP contribution in [-0.4, -0.2) is 28.5 Å². The van der Waals surface area contributed by atoms with Crippen molar-refractivity contribution in [2.75, 3.05) is 18.0 Å². The number of rotatable bonds is 3. The minimum Gasteiger partial charge on any atom is -0.386 e. The molecule has 2 aromatic heterocycles. The topological polar surface area (TPSA) is 88.0 Å². The third-order valence-corrected chi connectivity index (χ3v) is 3.97. The van der Waals surface area contributed by atoms with Crippen molar-refractivity contribution in [2.24, 2.45) is 5.73 Å². The maximum absolute atomic E-state index is 12.4.